The normalized spacial score (nSPS) is 50.9. The molecule has 3 rings (SSSR count). The van der Waals surface area contributed by atoms with Crippen molar-refractivity contribution in [2.45, 2.75) is 56.7 Å². The van der Waals surface area contributed by atoms with Gasteiger partial charge in [-0.2, -0.15) is 5.26 Å². The first kappa shape index (κ1) is 8.73. The summed E-state index contributed by atoms with van der Waals surface area (Å²) in [7, 11) is 0. The van der Waals surface area contributed by atoms with Crippen molar-refractivity contribution in [1.29, 1.82) is 5.26 Å². The van der Waals surface area contributed by atoms with Gasteiger partial charge in [0, 0.05) is 0 Å². The predicted octanol–water partition coefficient (Wildman–Crippen LogP) is 2.64. The van der Waals surface area contributed by atoms with Crippen molar-refractivity contribution in [1.82, 2.24) is 0 Å². The fourth-order valence-corrected chi connectivity index (χ4v) is 3.60. The summed E-state index contributed by atoms with van der Waals surface area (Å²) in [6.45, 7) is 0. The molecular formula is C12H17NO. The fraction of sp³-hybridized carbons (Fsp3) is 0.917. The zero-order chi connectivity index (χ0) is 9.60. The van der Waals surface area contributed by atoms with Crippen LogP contribution < -0.4 is 0 Å². The van der Waals surface area contributed by atoms with Crippen LogP contribution in [0.15, 0.2) is 0 Å². The number of hydrogen-bond acceptors (Lipinski definition) is 2. The van der Waals surface area contributed by atoms with Crippen LogP contribution in [0.3, 0.4) is 0 Å². The summed E-state index contributed by atoms with van der Waals surface area (Å²) in [5, 5.41) is 8.84. The molecule has 4 unspecified atom stereocenters. The molecule has 0 amide bonds. The second kappa shape index (κ2) is 2.97. The molecule has 1 aliphatic heterocycles. The minimum Gasteiger partial charge on any atom is -0.350 e. The van der Waals surface area contributed by atoms with Gasteiger partial charge in [0.1, 0.15) is 5.60 Å². The lowest BCUT2D eigenvalue weighted by atomic mass is 9.67. The zero-order valence-electron chi connectivity index (χ0n) is 8.54. The smallest absolute Gasteiger partial charge is 0.173 e. The zero-order valence-corrected chi connectivity index (χ0v) is 8.54. The molecule has 4 atom stereocenters. The van der Waals surface area contributed by atoms with E-state index >= 15 is 0 Å². The quantitative estimate of drug-likeness (QED) is 0.552. The van der Waals surface area contributed by atoms with E-state index in [1.54, 1.807) is 0 Å². The van der Waals surface area contributed by atoms with Gasteiger partial charge in [-0.1, -0.05) is 25.7 Å². The van der Waals surface area contributed by atoms with Crippen LogP contribution in [0.4, 0.5) is 0 Å². The Balaban J connectivity index is 1.70. The largest absolute Gasteiger partial charge is 0.350 e. The Morgan fingerprint density at radius 1 is 1.14 bits per heavy atom. The number of nitriles is 1. The van der Waals surface area contributed by atoms with Crippen LogP contribution in [-0.2, 0) is 4.74 Å². The highest BCUT2D eigenvalue weighted by molar-refractivity contribution is 5.16. The van der Waals surface area contributed by atoms with Gasteiger partial charge in [0.05, 0.1) is 6.07 Å². The van der Waals surface area contributed by atoms with Gasteiger partial charge in [-0.15, -0.1) is 0 Å². The van der Waals surface area contributed by atoms with Crippen LogP contribution in [0.2, 0.25) is 0 Å². The van der Waals surface area contributed by atoms with Crippen molar-refractivity contribution < 1.29 is 4.74 Å². The Morgan fingerprint density at radius 3 is 2.64 bits per heavy atom. The second-order valence-corrected chi connectivity index (χ2v) is 5.24. The highest BCUT2D eigenvalue weighted by Gasteiger charge is 2.59. The Morgan fingerprint density at radius 2 is 1.93 bits per heavy atom. The summed E-state index contributed by atoms with van der Waals surface area (Å²) >= 11 is 0. The van der Waals surface area contributed by atoms with Crippen molar-refractivity contribution in [2.24, 2.45) is 11.8 Å². The number of epoxide rings is 1. The number of ether oxygens (including phenoxy) is 1. The summed E-state index contributed by atoms with van der Waals surface area (Å²) in [6, 6.07) is 2.27. The molecule has 2 aliphatic carbocycles. The maximum atomic E-state index is 8.84. The van der Waals surface area contributed by atoms with Crippen LogP contribution in [0.1, 0.15) is 44.9 Å². The van der Waals surface area contributed by atoms with Crippen LogP contribution in [0, 0.1) is 23.2 Å². The van der Waals surface area contributed by atoms with E-state index < -0.39 is 0 Å². The molecule has 0 radical (unpaired) electrons. The van der Waals surface area contributed by atoms with Crippen LogP contribution >= 0.6 is 0 Å². The Labute approximate surface area is 85.2 Å². The average Bonchev–Trinajstić information content (AvgIpc) is 2.91. The second-order valence-electron chi connectivity index (χ2n) is 5.24. The van der Waals surface area contributed by atoms with Crippen LogP contribution in [-0.4, -0.2) is 11.7 Å². The lowest BCUT2D eigenvalue weighted by Crippen LogP contribution is -2.33. The minimum absolute atomic E-state index is 0.0211. The van der Waals surface area contributed by atoms with Gasteiger partial charge in [0.25, 0.3) is 0 Å². The molecule has 1 saturated heterocycles. The standard InChI is InChI=1S/C12H17NO/c13-8-11-12(14-11)6-5-9-3-1-2-4-10(9)7-12/h9-11H,1-7H2. The highest BCUT2D eigenvalue weighted by atomic mass is 16.6. The van der Waals surface area contributed by atoms with Gasteiger partial charge < -0.3 is 4.74 Å². The monoisotopic (exact) mass is 191 g/mol. The van der Waals surface area contributed by atoms with Crippen LogP contribution in [0.25, 0.3) is 0 Å². The third-order valence-electron chi connectivity index (χ3n) is 4.50. The van der Waals surface area contributed by atoms with E-state index in [-0.39, 0.29) is 11.7 Å². The van der Waals surface area contributed by atoms with Gasteiger partial charge in [0.15, 0.2) is 6.10 Å². The van der Waals surface area contributed by atoms with E-state index in [1.165, 1.54) is 38.5 Å². The average molecular weight is 191 g/mol. The van der Waals surface area contributed by atoms with Gasteiger partial charge >= 0.3 is 0 Å². The molecule has 2 saturated carbocycles. The number of hydrogen-bond donors (Lipinski definition) is 0. The third kappa shape index (κ3) is 1.19. The number of nitrogens with zero attached hydrogens (tertiary/aromatic N) is 1. The molecule has 2 nitrogen and oxygen atoms in total. The first-order valence-electron chi connectivity index (χ1n) is 5.91. The van der Waals surface area contributed by atoms with Crippen molar-refractivity contribution in [3.8, 4) is 6.07 Å². The Bertz CT molecular complexity index is 283. The summed E-state index contributed by atoms with van der Waals surface area (Å²) in [4.78, 5) is 0. The SMILES string of the molecule is N#CC1OC12CCC1CCCCC1C2. The molecule has 14 heavy (non-hydrogen) atoms. The van der Waals surface area contributed by atoms with Gasteiger partial charge in [0.2, 0.25) is 0 Å². The topological polar surface area (TPSA) is 36.3 Å². The maximum Gasteiger partial charge on any atom is 0.173 e. The molecule has 76 valence electrons. The molecule has 3 fully saturated rings. The van der Waals surface area contributed by atoms with Crippen molar-refractivity contribution in [3.63, 3.8) is 0 Å². The van der Waals surface area contributed by atoms with E-state index in [0.717, 1.165) is 18.3 Å². The first-order valence-corrected chi connectivity index (χ1v) is 5.91. The first-order chi connectivity index (χ1) is 6.84. The molecule has 0 bridgehead atoms. The van der Waals surface area contributed by atoms with E-state index in [4.69, 9.17) is 10.00 Å². The van der Waals surface area contributed by atoms with Crippen molar-refractivity contribution >= 4 is 0 Å². The molecule has 0 aromatic carbocycles. The third-order valence-corrected chi connectivity index (χ3v) is 4.50. The molecular weight excluding hydrogens is 174 g/mol. The summed E-state index contributed by atoms with van der Waals surface area (Å²) in [6.07, 6.45) is 9.20. The molecule has 1 heterocycles. The molecule has 1 spiro atoms. The van der Waals surface area contributed by atoms with E-state index in [1.807, 2.05) is 0 Å². The summed E-state index contributed by atoms with van der Waals surface area (Å²) < 4.78 is 5.58. The van der Waals surface area contributed by atoms with Crippen molar-refractivity contribution in [2.75, 3.05) is 0 Å². The van der Waals surface area contributed by atoms with Gasteiger partial charge in [-0.05, 0) is 31.1 Å². The molecule has 0 N–H and O–H groups in total. The Hall–Kier alpha value is -0.550. The van der Waals surface area contributed by atoms with Crippen LogP contribution in [0.5, 0.6) is 0 Å². The minimum atomic E-state index is -0.0645. The maximum absolute atomic E-state index is 8.84. The Kier molecular flexibility index (Phi) is 1.85. The van der Waals surface area contributed by atoms with E-state index in [9.17, 15) is 0 Å². The molecule has 0 aromatic heterocycles. The lowest BCUT2D eigenvalue weighted by Gasteiger charge is -2.38. The number of fused-ring (bicyclic) bond motifs is 1. The van der Waals surface area contributed by atoms with Crippen molar-refractivity contribution in [3.05, 3.63) is 0 Å². The van der Waals surface area contributed by atoms with E-state index in [2.05, 4.69) is 6.07 Å². The predicted molar refractivity (Wildman–Crippen MR) is 52.5 cm³/mol. The van der Waals surface area contributed by atoms with Gasteiger partial charge in [-0.25, -0.2) is 0 Å². The molecule has 3 aliphatic rings. The fourth-order valence-electron chi connectivity index (χ4n) is 3.60. The lowest BCUT2D eigenvalue weighted by molar-refractivity contribution is 0.101. The highest BCUT2D eigenvalue weighted by Crippen LogP contribution is 2.54. The van der Waals surface area contributed by atoms with E-state index in [0.29, 0.717) is 0 Å². The summed E-state index contributed by atoms with van der Waals surface area (Å²) in [5.41, 5.74) is 0.0211. The van der Waals surface area contributed by atoms with Gasteiger partial charge in [-0.3, -0.25) is 0 Å². The molecule has 2 heteroatoms. The molecule has 0 aromatic rings. The number of rotatable bonds is 0. The summed E-state index contributed by atoms with van der Waals surface area (Å²) in [5.74, 6) is 1.83.